The number of hydrogen-bond acceptors (Lipinski definition) is 4. The Hall–Kier alpha value is -3.19. The Morgan fingerprint density at radius 2 is 1.97 bits per heavy atom. The maximum atomic E-state index is 12.6. The van der Waals surface area contributed by atoms with Crippen molar-refractivity contribution < 1.29 is 4.79 Å². The van der Waals surface area contributed by atoms with E-state index in [0.29, 0.717) is 11.4 Å². The number of hydrazone groups is 1. The van der Waals surface area contributed by atoms with Gasteiger partial charge >= 0.3 is 0 Å². The number of nitrogens with zero attached hydrogens (tertiary/aromatic N) is 4. The van der Waals surface area contributed by atoms with Gasteiger partial charge in [-0.3, -0.25) is 9.20 Å². The normalized spacial score (nSPS) is 11.6. The van der Waals surface area contributed by atoms with E-state index in [-0.39, 0.29) is 5.91 Å². The molecule has 29 heavy (non-hydrogen) atoms. The van der Waals surface area contributed by atoms with Gasteiger partial charge in [-0.05, 0) is 52.3 Å². The molecule has 0 bridgehead atoms. The van der Waals surface area contributed by atoms with Crippen LogP contribution in [0.15, 0.2) is 40.9 Å². The third kappa shape index (κ3) is 3.38. The van der Waals surface area contributed by atoms with E-state index in [9.17, 15) is 4.79 Å². The highest BCUT2D eigenvalue weighted by molar-refractivity contribution is 7.15. The fraction of sp³-hybridized carbons (Fsp3) is 0.227. The minimum atomic E-state index is -0.271. The summed E-state index contributed by atoms with van der Waals surface area (Å²) in [5, 5.41) is 6.11. The molecule has 0 saturated heterocycles. The molecule has 6 nitrogen and oxygen atoms in total. The molecule has 0 aliphatic heterocycles. The Labute approximate surface area is 173 Å². The number of carbonyl (C=O) groups is 1. The number of fused-ring (bicyclic) bond motifs is 1. The van der Waals surface area contributed by atoms with Crippen LogP contribution in [0.2, 0.25) is 0 Å². The SMILES string of the molecule is Cc1ccc(-n2c(C)cc(C=NNC(=O)c3c(C)nc4sccn34)c2C)c(C)c1. The highest BCUT2D eigenvalue weighted by atomic mass is 32.1. The van der Waals surface area contributed by atoms with Gasteiger partial charge in [-0.25, -0.2) is 10.4 Å². The van der Waals surface area contributed by atoms with Gasteiger partial charge in [0.05, 0.1) is 11.9 Å². The first-order valence-electron chi connectivity index (χ1n) is 9.39. The van der Waals surface area contributed by atoms with Crippen LogP contribution in [-0.4, -0.2) is 26.1 Å². The standard InChI is InChI=1S/C22H23N5OS/c1-13-6-7-19(14(2)10-13)27-15(3)11-18(17(27)5)12-23-25-21(28)20-16(4)24-22-26(20)8-9-29-22/h6-12H,1-5H3,(H,25,28). The third-order valence-electron chi connectivity index (χ3n) is 5.08. The predicted molar refractivity (Wildman–Crippen MR) is 118 cm³/mol. The molecule has 1 aromatic carbocycles. The zero-order chi connectivity index (χ0) is 20.7. The fourth-order valence-electron chi connectivity index (χ4n) is 3.73. The number of benzene rings is 1. The first-order valence-corrected chi connectivity index (χ1v) is 10.3. The largest absolute Gasteiger partial charge is 0.318 e. The molecular formula is C22H23N5OS. The lowest BCUT2D eigenvalue weighted by Gasteiger charge is -2.13. The van der Waals surface area contributed by atoms with Crippen LogP contribution in [0.3, 0.4) is 0 Å². The van der Waals surface area contributed by atoms with Crippen molar-refractivity contribution in [3.05, 3.63) is 75.3 Å². The highest BCUT2D eigenvalue weighted by Crippen LogP contribution is 2.23. The van der Waals surface area contributed by atoms with Gasteiger partial charge < -0.3 is 4.57 Å². The van der Waals surface area contributed by atoms with Crippen LogP contribution in [0, 0.1) is 34.6 Å². The monoisotopic (exact) mass is 405 g/mol. The lowest BCUT2D eigenvalue weighted by atomic mass is 10.1. The van der Waals surface area contributed by atoms with E-state index in [1.54, 1.807) is 10.6 Å². The van der Waals surface area contributed by atoms with Gasteiger partial charge in [0.25, 0.3) is 5.91 Å². The van der Waals surface area contributed by atoms with Crippen molar-refractivity contribution >= 4 is 28.4 Å². The van der Waals surface area contributed by atoms with Crippen LogP contribution in [-0.2, 0) is 0 Å². The lowest BCUT2D eigenvalue weighted by Crippen LogP contribution is -2.20. The van der Waals surface area contributed by atoms with Gasteiger partial charge in [-0.2, -0.15) is 5.10 Å². The summed E-state index contributed by atoms with van der Waals surface area (Å²) < 4.78 is 4.00. The van der Waals surface area contributed by atoms with E-state index >= 15 is 0 Å². The van der Waals surface area contributed by atoms with Crippen LogP contribution >= 0.6 is 11.3 Å². The molecule has 3 heterocycles. The first-order chi connectivity index (χ1) is 13.9. The number of amides is 1. The van der Waals surface area contributed by atoms with E-state index < -0.39 is 0 Å². The number of nitrogens with one attached hydrogen (secondary N) is 1. The Bertz CT molecular complexity index is 1260. The quantitative estimate of drug-likeness (QED) is 0.402. The van der Waals surface area contributed by atoms with E-state index in [1.165, 1.54) is 22.5 Å². The van der Waals surface area contributed by atoms with E-state index in [2.05, 4.69) is 72.0 Å². The van der Waals surface area contributed by atoms with Crippen molar-refractivity contribution in [1.29, 1.82) is 0 Å². The van der Waals surface area contributed by atoms with Crippen molar-refractivity contribution in [3.8, 4) is 5.69 Å². The van der Waals surface area contributed by atoms with Gasteiger partial charge in [0.15, 0.2) is 4.96 Å². The maximum absolute atomic E-state index is 12.6. The van der Waals surface area contributed by atoms with Crippen molar-refractivity contribution in [1.82, 2.24) is 19.4 Å². The molecule has 0 radical (unpaired) electrons. The van der Waals surface area contributed by atoms with Gasteiger partial charge in [0.1, 0.15) is 5.69 Å². The number of hydrogen-bond donors (Lipinski definition) is 1. The van der Waals surface area contributed by atoms with Gasteiger partial charge in [-0.1, -0.05) is 17.7 Å². The van der Waals surface area contributed by atoms with Gasteiger partial charge in [-0.15, -0.1) is 11.3 Å². The van der Waals surface area contributed by atoms with Gasteiger partial charge in [0, 0.05) is 34.2 Å². The highest BCUT2D eigenvalue weighted by Gasteiger charge is 2.17. The van der Waals surface area contributed by atoms with Crippen molar-refractivity contribution in [3.63, 3.8) is 0 Å². The van der Waals surface area contributed by atoms with Crippen LogP contribution < -0.4 is 5.43 Å². The molecule has 3 aromatic heterocycles. The maximum Gasteiger partial charge on any atom is 0.290 e. The summed E-state index contributed by atoms with van der Waals surface area (Å²) in [6.45, 7) is 10.2. The van der Waals surface area contributed by atoms with Crippen LogP contribution in [0.25, 0.3) is 10.6 Å². The van der Waals surface area contributed by atoms with Crippen LogP contribution in [0.4, 0.5) is 0 Å². The van der Waals surface area contributed by atoms with E-state index in [0.717, 1.165) is 27.6 Å². The Balaban J connectivity index is 1.59. The summed E-state index contributed by atoms with van der Waals surface area (Å²) in [6, 6.07) is 8.52. The summed E-state index contributed by atoms with van der Waals surface area (Å²) in [4.78, 5) is 17.8. The zero-order valence-corrected chi connectivity index (χ0v) is 18.0. The summed E-state index contributed by atoms with van der Waals surface area (Å²) in [7, 11) is 0. The number of aryl methyl sites for hydroxylation is 4. The second kappa shape index (κ2) is 7.33. The van der Waals surface area contributed by atoms with Gasteiger partial charge in [0.2, 0.25) is 0 Å². The Morgan fingerprint density at radius 1 is 1.17 bits per heavy atom. The topological polar surface area (TPSA) is 63.7 Å². The molecule has 0 atom stereocenters. The number of aromatic nitrogens is 3. The van der Waals surface area contributed by atoms with E-state index in [4.69, 9.17) is 0 Å². The zero-order valence-electron chi connectivity index (χ0n) is 17.1. The third-order valence-corrected chi connectivity index (χ3v) is 5.84. The molecule has 0 fully saturated rings. The summed E-state index contributed by atoms with van der Waals surface area (Å²) in [6.07, 6.45) is 3.54. The second-order valence-electron chi connectivity index (χ2n) is 7.25. The van der Waals surface area contributed by atoms with Crippen LogP contribution in [0.1, 0.15) is 44.3 Å². The number of thiazole rings is 1. The van der Waals surface area contributed by atoms with Crippen molar-refractivity contribution in [2.75, 3.05) is 0 Å². The summed E-state index contributed by atoms with van der Waals surface area (Å²) >= 11 is 1.50. The molecule has 7 heteroatoms. The first kappa shape index (κ1) is 19.1. The van der Waals surface area contributed by atoms with Crippen LogP contribution in [0.5, 0.6) is 0 Å². The fourth-order valence-corrected chi connectivity index (χ4v) is 4.49. The Kier molecular flexibility index (Phi) is 4.84. The van der Waals surface area contributed by atoms with E-state index in [1.807, 2.05) is 18.5 Å². The molecular weight excluding hydrogens is 382 g/mol. The molecule has 0 unspecified atom stereocenters. The molecule has 1 N–H and O–H groups in total. The second-order valence-corrected chi connectivity index (χ2v) is 8.13. The molecule has 148 valence electrons. The summed E-state index contributed by atoms with van der Waals surface area (Å²) in [5.74, 6) is -0.271. The van der Waals surface area contributed by atoms with Crippen molar-refractivity contribution in [2.45, 2.75) is 34.6 Å². The molecule has 0 saturated carbocycles. The average molecular weight is 406 g/mol. The molecule has 0 aliphatic carbocycles. The van der Waals surface area contributed by atoms with Crippen molar-refractivity contribution in [2.24, 2.45) is 5.10 Å². The number of carbonyl (C=O) groups excluding carboxylic acids is 1. The molecule has 4 rings (SSSR count). The molecule has 1 amide bonds. The Morgan fingerprint density at radius 3 is 2.72 bits per heavy atom. The number of imidazole rings is 1. The molecule has 0 aliphatic rings. The minimum Gasteiger partial charge on any atom is -0.318 e. The molecule has 0 spiro atoms. The molecule has 4 aromatic rings. The summed E-state index contributed by atoms with van der Waals surface area (Å²) in [5.41, 5.74) is 10.6. The smallest absolute Gasteiger partial charge is 0.290 e. The minimum absolute atomic E-state index is 0.271. The lowest BCUT2D eigenvalue weighted by molar-refractivity contribution is 0.0948. The predicted octanol–water partition coefficient (Wildman–Crippen LogP) is 4.49. The average Bonchev–Trinajstić information content (AvgIpc) is 3.29. The number of rotatable bonds is 4.